The van der Waals surface area contributed by atoms with Crippen molar-refractivity contribution in [1.82, 2.24) is 9.30 Å². The zero-order valence-corrected chi connectivity index (χ0v) is 14.8. The maximum Gasteiger partial charge on any atom is 0.151 e. The van der Waals surface area contributed by atoms with Crippen LogP contribution in [-0.4, -0.2) is 41.8 Å². The van der Waals surface area contributed by atoms with E-state index in [9.17, 15) is 13.7 Å². The van der Waals surface area contributed by atoms with Crippen molar-refractivity contribution in [2.45, 2.75) is 38.8 Å². The molecule has 0 aliphatic carbocycles. The summed E-state index contributed by atoms with van der Waals surface area (Å²) in [4.78, 5) is 2.25. The zero-order chi connectivity index (χ0) is 17.2. The summed E-state index contributed by atoms with van der Waals surface area (Å²) in [6.07, 6.45) is 6.73. The minimum atomic E-state index is -2.91. The Kier molecular flexibility index (Phi) is 4.93. The van der Waals surface area contributed by atoms with Crippen molar-refractivity contribution >= 4 is 15.4 Å². The highest BCUT2D eigenvalue weighted by molar-refractivity contribution is 7.91. The molecule has 0 N–H and O–H groups in total. The monoisotopic (exact) mass is 345 g/mol. The van der Waals surface area contributed by atoms with Crippen LogP contribution in [0.25, 0.3) is 5.52 Å². The molecule has 0 spiro atoms. The van der Waals surface area contributed by atoms with Crippen LogP contribution in [-0.2, 0) is 16.4 Å². The first kappa shape index (κ1) is 17.0. The first-order chi connectivity index (χ1) is 11.5. The van der Waals surface area contributed by atoms with Crippen molar-refractivity contribution in [2.75, 3.05) is 18.1 Å². The molecule has 5 nitrogen and oxygen atoms in total. The third kappa shape index (κ3) is 3.47. The Balaban J connectivity index is 1.89. The summed E-state index contributed by atoms with van der Waals surface area (Å²) < 4.78 is 25.7. The van der Waals surface area contributed by atoms with Gasteiger partial charge in [0, 0.05) is 30.5 Å². The van der Waals surface area contributed by atoms with Crippen LogP contribution < -0.4 is 0 Å². The van der Waals surface area contributed by atoms with Gasteiger partial charge in [0.1, 0.15) is 6.07 Å². The number of fused-ring (bicyclic) bond motifs is 1. The average molecular weight is 345 g/mol. The Morgan fingerprint density at radius 3 is 2.92 bits per heavy atom. The molecule has 1 atom stereocenters. The van der Waals surface area contributed by atoms with E-state index in [1.54, 1.807) is 0 Å². The van der Waals surface area contributed by atoms with Crippen molar-refractivity contribution in [2.24, 2.45) is 0 Å². The highest BCUT2D eigenvalue weighted by Gasteiger charge is 2.32. The Labute approximate surface area is 143 Å². The van der Waals surface area contributed by atoms with Crippen LogP contribution in [0.3, 0.4) is 0 Å². The predicted molar refractivity (Wildman–Crippen MR) is 94.5 cm³/mol. The maximum absolute atomic E-state index is 11.9. The van der Waals surface area contributed by atoms with E-state index in [1.807, 2.05) is 35.0 Å². The average Bonchev–Trinajstić information content (AvgIpc) is 3.10. The van der Waals surface area contributed by atoms with Gasteiger partial charge >= 0.3 is 0 Å². The molecule has 2 aromatic heterocycles. The number of hydrogen-bond donors (Lipinski definition) is 0. The number of unbranched alkanes of at least 4 members (excludes halogenated alkanes) is 1. The summed E-state index contributed by atoms with van der Waals surface area (Å²) in [5.74, 6) is 0.523. The third-order valence-electron chi connectivity index (χ3n) is 4.77. The second kappa shape index (κ2) is 6.96. The summed E-state index contributed by atoms with van der Waals surface area (Å²) in [5, 5.41) is 9.56. The van der Waals surface area contributed by atoms with Gasteiger partial charge in [0.25, 0.3) is 0 Å². The van der Waals surface area contributed by atoms with Gasteiger partial charge in [-0.05, 0) is 31.5 Å². The summed E-state index contributed by atoms with van der Waals surface area (Å²) in [5.41, 5.74) is 2.58. The summed E-state index contributed by atoms with van der Waals surface area (Å²) in [6.45, 7) is 3.63. The lowest BCUT2D eigenvalue weighted by molar-refractivity contribution is 0.200. The first-order valence-corrected chi connectivity index (χ1v) is 10.3. The van der Waals surface area contributed by atoms with Gasteiger partial charge in [-0.3, -0.25) is 4.90 Å². The van der Waals surface area contributed by atoms with Gasteiger partial charge in [-0.25, -0.2) is 8.42 Å². The molecule has 0 saturated carbocycles. The van der Waals surface area contributed by atoms with Gasteiger partial charge < -0.3 is 4.40 Å². The quantitative estimate of drug-likeness (QED) is 0.807. The van der Waals surface area contributed by atoms with Gasteiger partial charge in [0.2, 0.25) is 0 Å². The van der Waals surface area contributed by atoms with Crippen molar-refractivity contribution in [3.05, 3.63) is 41.7 Å². The van der Waals surface area contributed by atoms with Crippen molar-refractivity contribution in [1.29, 1.82) is 5.26 Å². The highest BCUT2D eigenvalue weighted by atomic mass is 32.2. The molecule has 128 valence electrons. The van der Waals surface area contributed by atoms with E-state index in [-0.39, 0.29) is 17.5 Å². The number of nitriles is 1. The zero-order valence-electron chi connectivity index (χ0n) is 14.0. The molecular weight excluding hydrogens is 322 g/mol. The molecule has 1 aliphatic rings. The van der Waals surface area contributed by atoms with Crippen molar-refractivity contribution in [3.63, 3.8) is 0 Å². The number of pyridine rings is 1. The number of aromatic nitrogens is 1. The van der Waals surface area contributed by atoms with Crippen LogP contribution in [0.4, 0.5) is 0 Å². The lowest BCUT2D eigenvalue weighted by Gasteiger charge is -2.27. The van der Waals surface area contributed by atoms with Crippen LogP contribution in [0.1, 0.15) is 37.3 Å². The van der Waals surface area contributed by atoms with E-state index >= 15 is 0 Å². The van der Waals surface area contributed by atoms with Gasteiger partial charge in [0.05, 0.1) is 22.6 Å². The Bertz CT molecular complexity index is 864. The summed E-state index contributed by atoms with van der Waals surface area (Å²) in [6, 6.07) is 8.20. The molecular formula is C18H23N3O2S. The molecule has 6 heteroatoms. The molecule has 1 aliphatic heterocycles. The number of sulfone groups is 1. The largest absolute Gasteiger partial charge is 0.322 e. The van der Waals surface area contributed by atoms with Crippen LogP contribution in [0.2, 0.25) is 0 Å². The molecule has 0 aromatic carbocycles. The van der Waals surface area contributed by atoms with E-state index < -0.39 is 9.84 Å². The minimum Gasteiger partial charge on any atom is -0.322 e. The molecule has 1 unspecified atom stereocenters. The topological polar surface area (TPSA) is 65.6 Å². The number of hydrogen-bond acceptors (Lipinski definition) is 4. The molecule has 24 heavy (non-hydrogen) atoms. The summed E-state index contributed by atoms with van der Waals surface area (Å²) >= 11 is 0. The van der Waals surface area contributed by atoms with E-state index in [4.69, 9.17) is 0 Å². The van der Waals surface area contributed by atoms with Crippen LogP contribution in [0.15, 0.2) is 30.6 Å². The fourth-order valence-corrected chi connectivity index (χ4v) is 5.22. The van der Waals surface area contributed by atoms with E-state index in [0.29, 0.717) is 18.5 Å². The summed E-state index contributed by atoms with van der Waals surface area (Å²) in [7, 11) is -2.91. The SMILES string of the molecule is CCCCN(Cc1cn2ccccc2c1C#N)C1CCS(=O)(=O)C1. The van der Waals surface area contributed by atoms with E-state index in [0.717, 1.165) is 30.5 Å². The number of rotatable bonds is 6. The van der Waals surface area contributed by atoms with E-state index in [2.05, 4.69) is 17.9 Å². The molecule has 1 fully saturated rings. The molecule has 0 amide bonds. The Hall–Kier alpha value is -1.84. The van der Waals surface area contributed by atoms with Crippen molar-refractivity contribution < 1.29 is 8.42 Å². The standard InChI is InChI=1S/C18H23N3O2S/c1-2-3-8-20(16-7-10-24(22,23)14-16)12-15-13-21-9-5-4-6-18(21)17(15)11-19/h4-6,9,13,16H,2-3,7-8,10,12,14H2,1H3. The molecule has 0 radical (unpaired) electrons. The molecule has 3 heterocycles. The molecule has 0 bridgehead atoms. The number of nitrogens with zero attached hydrogens (tertiary/aromatic N) is 3. The third-order valence-corrected chi connectivity index (χ3v) is 6.52. The van der Waals surface area contributed by atoms with Gasteiger partial charge in [-0.15, -0.1) is 0 Å². The van der Waals surface area contributed by atoms with Crippen molar-refractivity contribution in [3.8, 4) is 6.07 Å². The Morgan fingerprint density at radius 1 is 1.42 bits per heavy atom. The second-order valence-corrected chi connectivity index (χ2v) is 8.74. The van der Waals surface area contributed by atoms with Crippen LogP contribution in [0.5, 0.6) is 0 Å². The van der Waals surface area contributed by atoms with Gasteiger partial charge in [0.15, 0.2) is 9.84 Å². The normalized spacial score (nSPS) is 19.8. The molecule has 2 aromatic rings. The lowest BCUT2D eigenvalue weighted by atomic mass is 10.1. The molecule has 3 rings (SSSR count). The first-order valence-electron chi connectivity index (χ1n) is 8.47. The van der Waals surface area contributed by atoms with Gasteiger partial charge in [-0.1, -0.05) is 19.4 Å². The van der Waals surface area contributed by atoms with Crippen LogP contribution in [0, 0.1) is 11.3 Å². The smallest absolute Gasteiger partial charge is 0.151 e. The van der Waals surface area contributed by atoms with Crippen LogP contribution >= 0.6 is 0 Å². The minimum absolute atomic E-state index is 0.0658. The highest BCUT2D eigenvalue weighted by Crippen LogP contribution is 2.24. The second-order valence-electron chi connectivity index (χ2n) is 6.52. The maximum atomic E-state index is 11.9. The lowest BCUT2D eigenvalue weighted by Crippen LogP contribution is -2.36. The fraction of sp³-hybridized carbons (Fsp3) is 0.500. The molecule has 1 saturated heterocycles. The Morgan fingerprint density at radius 2 is 2.25 bits per heavy atom. The van der Waals surface area contributed by atoms with E-state index in [1.165, 1.54) is 0 Å². The van der Waals surface area contributed by atoms with Gasteiger partial charge in [-0.2, -0.15) is 5.26 Å². The predicted octanol–water partition coefficient (Wildman–Crippen LogP) is 2.60. The fourth-order valence-electron chi connectivity index (χ4n) is 3.46.